The van der Waals surface area contributed by atoms with Gasteiger partial charge in [0.1, 0.15) is 29.6 Å². The Balaban J connectivity index is 0.000000188. The number of hydrogen-bond acceptors (Lipinski definition) is 12. The van der Waals surface area contributed by atoms with Gasteiger partial charge in [-0.1, -0.05) is 18.2 Å². The fourth-order valence-corrected chi connectivity index (χ4v) is 6.61. The van der Waals surface area contributed by atoms with Crippen LogP contribution in [0.4, 0.5) is 19.2 Å². The summed E-state index contributed by atoms with van der Waals surface area (Å²) < 4.78 is 18.8. The number of nitrogens with zero attached hydrogens (tertiary/aromatic N) is 9. The Morgan fingerprint density at radius 2 is 1.08 bits per heavy atom. The number of pyridine rings is 2. The van der Waals surface area contributed by atoms with Gasteiger partial charge in [-0.05, 0) is 111 Å². The van der Waals surface area contributed by atoms with Crippen molar-refractivity contribution in [2.24, 2.45) is 0 Å². The van der Waals surface area contributed by atoms with E-state index in [1.807, 2.05) is 78.9 Å². The standard InChI is InChI=1S/C20H27N5O3.C15H11N3O2.C11H22N2O2/c1-20(2,3)28-19(27)24-11-7-16(8-12-24)23(4)18(26)25-13-17(22-14-25)15-5-9-21-10-6-15;19-15(20-13-4-2-1-3-5-13)18-10-14(17-11-18)12-6-8-16-9-7-12;1-11(2,3)15-10(14)13-7-5-9(12-4)6-8-13/h5-6,9-10,13-14,16H,7-8,11-12H2,1-4H3;1-11H;9,12H,5-8H2,1-4H3. The number of piperidine rings is 2. The van der Waals surface area contributed by atoms with Crippen molar-refractivity contribution in [2.45, 2.75) is 90.5 Å². The molecule has 0 saturated carbocycles. The van der Waals surface area contributed by atoms with Crippen molar-refractivity contribution in [3.63, 3.8) is 0 Å². The topological polar surface area (TPSA) is 179 Å². The van der Waals surface area contributed by atoms with Crippen molar-refractivity contribution >= 4 is 24.3 Å². The van der Waals surface area contributed by atoms with Gasteiger partial charge >= 0.3 is 24.3 Å². The highest BCUT2D eigenvalue weighted by molar-refractivity contribution is 5.78. The Hall–Kier alpha value is -6.62. The molecule has 0 bridgehead atoms. The van der Waals surface area contributed by atoms with Crippen LogP contribution in [0.3, 0.4) is 0 Å². The summed E-state index contributed by atoms with van der Waals surface area (Å²) in [5, 5.41) is 3.23. The smallest absolute Gasteiger partial charge is 0.424 e. The molecule has 0 spiro atoms. The zero-order chi connectivity index (χ0) is 45.6. The maximum absolute atomic E-state index is 12.8. The Kier molecular flexibility index (Phi) is 16.5. The predicted molar refractivity (Wildman–Crippen MR) is 238 cm³/mol. The molecule has 1 aromatic carbocycles. The Bertz CT molecular complexity index is 2200. The summed E-state index contributed by atoms with van der Waals surface area (Å²) >= 11 is 0. The molecular formula is C46H60N10O7. The van der Waals surface area contributed by atoms with Crippen molar-refractivity contribution in [3.8, 4) is 28.3 Å². The molecule has 2 saturated heterocycles. The van der Waals surface area contributed by atoms with Crippen LogP contribution in [0.25, 0.3) is 22.5 Å². The van der Waals surface area contributed by atoms with Crippen LogP contribution >= 0.6 is 0 Å². The van der Waals surface area contributed by atoms with Crippen LogP contribution in [0, 0.1) is 0 Å². The number of hydrogen-bond donors (Lipinski definition) is 1. The monoisotopic (exact) mass is 864 g/mol. The zero-order valence-corrected chi connectivity index (χ0v) is 37.5. The number of ether oxygens (including phenoxy) is 3. The normalized spacial score (nSPS) is 14.6. The van der Waals surface area contributed by atoms with E-state index in [1.165, 1.54) is 21.8 Å². The second kappa shape index (κ2) is 21.9. The lowest BCUT2D eigenvalue weighted by molar-refractivity contribution is 0.0168. The lowest BCUT2D eigenvalue weighted by Crippen LogP contribution is -2.49. The number of benzene rings is 1. The number of nitrogens with one attached hydrogen (secondary N) is 1. The number of likely N-dealkylation sites (tertiary alicyclic amines) is 2. The number of para-hydroxylation sites is 1. The van der Waals surface area contributed by atoms with Crippen LogP contribution in [-0.2, 0) is 9.47 Å². The van der Waals surface area contributed by atoms with Crippen LogP contribution in [0.5, 0.6) is 5.75 Å². The van der Waals surface area contributed by atoms with Gasteiger partial charge in [0.25, 0.3) is 0 Å². The fourth-order valence-electron chi connectivity index (χ4n) is 6.61. The summed E-state index contributed by atoms with van der Waals surface area (Å²) in [6, 6.07) is 16.8. The second-order valence-corrected chi connectivity index (χ2v) is 17.1. The van der Waals surface area contributed by atoms with E-state index >= 15 is 0 Å². The Morgan fingerprint density at radius 3 is 1.54 bits per heavy atom. The third kappa shape index (κ3) is 14.8. The number of imidazole rings is 2. The molecule has 5 aromatic rings. The van der Waals surface area contributed by atoms with Gasteiger partial charge in [-0.25, -0.2) is 33.7 Å². The molecule has 6 heterocycles. The molecule has 336 valence electrons. The minimum absolute atomic E-state index is 0.0676. The lowest BCUT2D eigenvalue weighted by atomic mass is 10.0. The molecule has 4 aromatic heterocycles. The molecule has 2 aliphatic heterocycles. The van der Waals surface area contributed by atoms with Crippen molar-refractivity contribution in [1.82, 2.24) is 49.1 Å². The molecule has 0 radical (unpaired) electrons. The van der Waals surface area contributed by atoms with E-state index in [0.717, 1.165) is 42.8 Å². The number of rotatable bonds is 5. The first kappa shape index (κ1) is 47.4. The fraction of sp³-hybridized carbons (Fsp3) is 0.435. The highest BCUT2D eigenvalue weighted by atomic mass is 16.6. The number of carbonyl (C=O) groups is 4. The highest BCUT2D eigenvalue weighted by Gasteiger charge is 2.31. The summed E-state index contributed by atoms with van der Waals surface area (Å²) in [7, 11) is 3.76. The summed E-state index contributed by atoms with van der Waals surface area (Å²) in [6.45, 7) is 14.0. The quantitative estimate of drug-likeness (QED) is 0.181. The molecular weight excluding hydrogens is 805 g/mol. The number of amides is 3. The van der Waals surface area contributed by atoms with Gasteiger partial charge in [-0.3, -0.25) is 14.5 Å². The summed E-state index contributed by atoms with van der Waals surface area (Å²) in [5.74, 6) is 0.497. The second-order valence-electron chi connectivity index (χ2n) is 17.1. The first-order valence-electron chi connectivity index (χ1n) is 21.1. The van der Waals surface area contributed by atoms with E-state index in [2.05, 4.69) is 25.3 Å². The van der Waals surface area contributed by atoms with Gasteiger partial charge < -0.3 is 34.2 Å². The van der Waals surface area contributed by atoms with Gasteiger partial charge in [0.15, 0.2) is 0 Å². The van der Waals surface area contributed by atoms with E-state index in [4.69, 9.17) is 14.2 Å². The van der Waals surface area contributed by atoms with Crippen molar-refractivity contribution in [2.75, 3.05) is 40.3 Å². The van der Waals surface area contributed by atoms with Crippen LogP contribution < -0.4 is 10.1 Å². The Morgan fingerprint density at radius 1 is 0.635 bits per heavy atom. The third-order valence-electron chi connectivity index (χ3n) is 10.0. The van der Waals surface area contributed by atoms with Gasteiger partial charge in [-0.2, -0.15) is 0 Å². The molecule has 63 heavy (non-hydrogen) atoms. The third-order valence-corrected chi connectivity index (χ3v) is 10.0. The zero-order valence-electron chi connectivity index (χ0n) is 37.5. The number of aromatic nitrogens is 6. The largest absolute Gasteiger partial charge is 0.444 e. The molecule has 2 aliphatic rings. The molecule has 0 aliphatic carbocycles. The molecule has 17 nitrogen and oxygen atoms in total. The molecule has 0 atom stereocenters. The average molecular weight is 865 g/mol. The van der Waals surface area contributed by atoms with Crippen molar-refractivity contribution < 1.29 is 33.4 Å². The SMILES string of the molecule is CN(C(=O)n1cnc(-c2ccncc2)c1)C1CCN(C(=O)OC(C)(C)C)CC1.CNC1CCN(C(=O)OC(C)(C)C)CC1.O=C(Oc1ccccc1)n1cnc(-c2ccncc2)c1. The maximum atomic E-state index is 12.8. The van der Waals surface area contributed by atoms with Gasteiger partial charge in [0, 0.05) is 93.6 Å². The Labute approximate surface area is 369 Å². The minimum Gasteiger partial charge on any atom is -0.444 e. The molecule has 2 fully saturated rings. The molecule has 7 rings (SSSR count). The maximum Gasteiger partial charge on any atom is 0.424 e. The van der Waals surface area contributed by atoms with E-state index in [0.29, 0.717) is 43.4 Å². The molecule has 3 amide bonds. The van der Waals surface area contributed by atoms with Crippen LogP contribution in [-0.4, -0.2) is 132 Å². The van der Waals surface area contributed by atoms with Gasteiger partial charge in [-0.15, -0.1) is 0 Å². The van der Waals surface area contributed by atoms with Crippen LogP contribution in [0.1, 0.15) is 67.2 Å². The van der Waals surface area contributed by atoms with Crippen LogP contribution in [0.15, 0.2) is 104 Å². The predicted octanol–water partition coefficient (Wildman–Crippen LogP) is 7.84. The molecule has 0 unspecified atom stereocenters. The first-order valence-corrected chi connectivity index (χ1v) is 21.1. The minimum atomic E-state index is -0.505. The molecule has 1 N–H and O–H groups in total. The van der Waals surface area contributed by atoms with E-state index < -0.39 is 17.3 Å². The van der Waals surface area contributed by atoms with Crippen molar-refractivity contribution in [1.29, 1.82) is 0 Å². The summed E-state index contributed by atoms with van der Waals surface area (Å²) in [5.41, 5.74) is 2.33. The lowest BCUT2D eigenvalue weighted by Gasteiger charge is -2.37. The summed E-state index contributed by atoms with van der Waals surface area (Å²) in [4.78, 5) is 70.3. The van der Waals surface area contributed by atoms with E-state index in [-0.39, 0.29) is 24.3 Å². The summed E-state index contributed by atoms with van der Waals surface area (Å²) in [6.07, 6.45) is 15.5. The highest BCUT2D eigenvalue weighted by Crippen LogP contribution is 2.22. The first-order chi connectivity index (χ1) is 30.0. The van der Waals surface area contributed by atoms with Crippen LogP contribution in [0.2, 0.25) is 0 Å². The number of carbonyl (C=O) groups excluding carboxylic acids is 4. The average Bonchev–Trinajstić information content (AvgIpc) is 3.98. The molecule has 17 heteroatoms. The van der Waals surface area contributed by atoms with Gasteiger partial charge in [0.05, 0.1) is 11.4 Å². The van der Waals surface area contributed by atoms with Gasteiger partial charge in [0.2, 0.25) is 0 Å². The van der Waals surface area contributed by atoms with E-state index in [9.17, 15) is 19.2 Å². The van der Waals surface area contributed by atoms with E-state index in [1.54, 1.807) is 83.2 Å². The van der Waals surface area contributed by atoms with Crippen molar-refractivity contribution in [3.05, 3.63) is 104 Å².